The molecule has 1 unspecified atom stereocenters. The van der Waals surface area contributed by atoms with Crippen LogP contribution in [-0.4, -0.2) is 11.6 Å². The van der Waals surface area contributed by atoms with Gasteiger partial charge in [-0.3, -0.25) is 0 Å². The second-order valence-corrected chi connectivity index (χ2v) is 9.23. The molecular formula is C26H20FO2S+. The molecule has 0 saturated heterocycles. The van der Waals surface area contributed by atoms with E-state index in [1.54, 1.807) is 32.0 Å². The lowest BCUT2D eigenvalue weighted by atomic mass is 10.1. The Balaban J connectivity index is 1.56. The normalized spacial score (nSPS) is 11.6. The summed E-state index contributed by atoms with van der Waals surface area (Å²) in [7, 11) is -0.198. The van der Waals surface area contributed by atoms with E-state index in [9.17, 15) is 9.18 Å². The highest BCUT2D eigenvalue weighted by Crippen LogP contribution is 2.39. The van der Waals surface area contributed by atoms with E-state index in [0.29, 0.717) is 11.1 Å². The Morgan fingerprint density at radius 3 is 2.60 bits per heavy atom. The first-order valence-electron chi connectivity index (χ1n) is 9.54. The van der Waals surface area contributed by atoms with Gasteiger partial charge < -0.3 is 4.74 Å². The monoisotopic (exact) mass is 415 g/mol. The Hall–Kier alpha value is -3.42. The number of rotatable bonds is 3. The molecule has 2 nitrogen and oxygen atoms in total. The molecule has 1 heterocycles. The van der Waals surface area contributed by atoms with Crippen molar-refractivity contribution in [2.45, 2.75) is 19.4 Å². The highest BCUT2D eigenvalue weighted by molar-refractivity contribution is 7.43. The van der Waals surface area contributed by atoms with Crippen molar-refractivity contribution in [1.82, 2.24) is 0 Å². The molecule has 0 spiro atoms. The zero-order chi connectivity index (χ0) is 21.1. The molecule has 30 heavy (non-hydrogen) atoms. The number of carbonyl (C=O) groups is 1. The van der Waals surface area contributed by atoms with Crippen molar-refractivity contribution in [3.05, 3.63) is 101 Å². The maximum absolute atomic E-state index is 13.3. The predicted octanol–water partition coefficient (Wildman–Crippen LogP) is 6.70. The smallest absolute Gasteiger partial charge is 0.339 e. The second kappa shape index (κ2) is 8.14. The molecule has 3 aromatic carbocycles. The number of benzene rings is 3. The molecule has 4 aromatic rings. The molecule has 0 aliphatic heterocycles. The summed E-state index contributed by atoms with van der Waals surface area (Å²) in [6, 6.07) is 23.9. The van der Waals surface area contributed by atoms with E-state index < -0.39 is 11.6 Å². The van der Waals surface area contributed by atoms with E-state index in [-0.39, 0.29) is 16.3 Å². The van der Waals surface area contributed by atoms with Crippen LogP contribution in [0.2, 0.25) is 0 Å². The maximum atomic E-state index is 13.3. The van der Waals surface area contributed by atoms with Crippen molar-refractivity contribution < 1.29 is 13.9 Å². The third-order valence-electron chi connectivity index (χ3n) is 4.54. The standard InChI is InChI=1S/C26H20FO2S/c1-26(2,15-13-19-7-5-10-22(27)17-19)29-25(28)21-9-6-11-23(18-21)30-16-14-20-8-3-4-12-24(20)30/h3-12,14,16-18H,1-2H3/q+1. The largest absolute Gasteiger partial charge is 0.443 e. The topological polar surface area (TPSA) is 26.3 Å². The number of carbonyl (C=O) groups excluding carboxylic acids is 1. The third kappa shape index (κ3) is 4.42. The molecule has 0 amide bonds. The van der Waals surface area contributed by atoms with E-state index in [1.165, 1.54) is 22.2 Å². The molecule has 1 aromatic heterocycles. The van der Waals surface area contributed by atoms with Crippen LogP contribution in [-0.2, 0) is 4.74 Å². The summed E-state index contributed by atoms with van der Waals surface area (Å²) in [4.78, 5) is 13.8. The van der Waals surface area contributed by atoms with Crippen molar-refractivity contribution in [2.75, 3.05) is 0 Å². The van der Waals surface area contributed by atoms with Crippen LogP contribution >= 0.6 is 10.5 Å². The Kier molecular flexibility index (Phi) is 5.39. The van der Waals surface area contributed by atoms with Crippen molar-refractivity contribution in [1.29, 1.82) is 0 Å². The number of hydrogen-bond acceptors (Lipinski definition) is 2. The van der Waals surface area contributed by atoms with Gasteiger partial charge >= 0.3 is 5.97 Å². The Bertz CT molecular complexity index is 1290. The molecular weight excluding hydrogens is 395 g/mol. The van der Waals surface area contributed by atoms with E-state index >= 15 is 0 Å². The van der Waals surface area contributed by atoms with Gasteiger partial charge in [-0.25, -0.2) is 9.18 Å². The van der Waals surface area contributed by atoms with Gasteiger partial charge in [0, 0.05) is 33.6 Å². The van der Waals surface area contributed by atoms with Crippen molar-refractivity contribution >= 4 is 26.5 Å². The maximum Gasteiger partial charge on any atom is 0.339 e. The molecule has 0 aliphatic carbocycles. The fourth-order valence-corrected chi connectivity index (χ4v) is 5.04. The van der Waals surface area contributed by atoms with Gasteiger partial charge in [-0.1, -0.05) is 36.1 Å². The fraction of sp³-hybridized carbons (Fsp3) is 0.115. The number of fused-ring (bicyclic) bond motifs is 1. The van der Waals surface area contributed by atoms with Crippen LogP contribution in [0.5, 0.6) is 0 Å². The summed E-state index contributed by atoms with van der Waals surface area (Å²) in [6.07, 6.45) is 0. The van der Waals surface area contributed by atoms with Crippen LogP contribution in [0.15, 0.2) is 84.2 Å². The Morgan fingerprint density at radius 1 is 0.967 bits per heavy atom. The SMILES string of the molecule is CC(C)(C#Cc1cccc(F)c1)OC(=O)c1cccc(-[s+]2ccc3ccccc32)c1. The average Bonchev–Trinajstić information content (AvgIpc) is 3.16. The van der Waals surface area contributed by atoms with E-state index in [4.69, 9.17) is 4.74 Å². The molecule has 0 N–H and O–H groups in total. The van der Waals surface area contributed by atoms with Crippen LogP contribution in [0.4, 0.5) is 4.39 Å². The molecule has 0 radical (unpaired) electrons. The summed E-state index contributed by atoms with van der Waals surface area (Å²) in [5, 5.41) is 3.38. The van der Waals surface area contributed by atoms with Crippen LogP contribution in [0.1, 0.15) is 29.8 Å². The van der Waals surface area contributed by atoms with E-state index in [0.717, 1.165) is 4.90 Å². The van der Waals surface area contributed by atoms with Gasteiger partial charge in [0.15, 0.2) is 15.2 Å². The summed E-state index contributed by atoms with van der Waals surface area (Å²) in [5.74, 6) is 5.01. The first-order valence-corrected chi connectivity index (χ1v) is 10.8. The lowest BCUT2D eigenvalue weighted by molar-refractivity contribution is 0.0204. The van der Waals surface area contributed by atoms with Gasteiger partial charge in [0.2, 0.25) is 0 Å². The Labute approximate surface area is 177 Å². The molecule has 4 heteroatoms. The summed E-state index contributed by atoms with van der Waals surface area (Å²) in [6.45, 7) is 3.44. The highest BCUT2D eigenvalue weighted by atomic mass is 32.2. The number of ether oxygens (including phenoxy) is 1. The van der Waals surface area contributed by atoms with Gasteiger partial charge in [-0.15, -0.1) is 0 Å². The molecule has 0 bridgehead atoms. The molecule has 0 fully saturated rings. The molecule has 0 saturated carbocycles. The lowest BCUT2D eigenvalue weighted by Crippen LogP contribution is -2.26. The first kappa shape index (κ1) is 19.9. The second-order valence-electron chi connectivity index (χ2n) is 7.37. The number of thiophene rings is 1. The lowest BCUT2D eigenvalue weighted by Gasteiger charge is -2.18. The van der Waals surface area contributed by atoms with Crippen molar-refractivity contribution in [2.24, 2.45) is 0 Å². The van der Waals surface area contributed by atoms with Gasteiger partial charge in [-0.05, 0) is 56.3 Å². The van der Waals surface area contributed by atoms with Crippen LogP contribution in [0.3, 0.4) is 0 Å². The van der Waals surface area contributed by atoms with Crippen LogP contribution in [0, 0.1) is 17.7 Å². The van der Waals surface area contributed by atoms with Gasteiger partial charge in [-0.2, -0.15) is 0 Å². The molecule has 1 atom stereocenters. The summed E-state index contributed by atoms with van der Waals surface area (Å²) in [5.41, 5.74) is 0.00841. The molecule has 148 valence electrons. The van der Waals surface area contributed by atoms with Crippen LogP contribution < -0.4 is 0 Å². The van der Waals surface area contributed by atoms with Crippen molar-refractivity contribution in [3.8, 4) is 16.7 Å². The van der Waals surface area contributed by atoms with Gasteiger partial charge in [0.25, 0.3) is 0 Å². The van der Waals surface area contributed by atoms with Gasteiger partial charge in [0.1, 0.15) is 11.2 Å². The minimum atomic E-state index is -1.01. The Morgan fingerprint density at radius 2 is 1.77 bits per heavy atom. The number of hydrogen-bond donors (Lipinski definition) is 0. The third-order valence-corrected chi connectivity index (χ3v) is 6.56. The fourth-order valence-electron chi connectivity index (χ4n) is 3.10. The minimum absolute atomic E-state index is 0.198. The van der Waals surface area contributed by atoms with Gasteiger partial charge in [0.05, 0.1) is 5.56 Å². The predicted molar refractivity (Wildman–Crippen MR) is 121 cm³/mol. The van der Waals surface area contributed by atoms with E-state index in [2.05, 4.69) is 35.4 Å². The number of halogens is 1. The zero-order valence-corrected chi connectivity index (χ0v) is 17.5. The molecule has 0 aliphatic rings. The number of esters is 1. The highest BCUT2D eigenvalue weighted by Gasteiger charge is 2.23. The van der Waals surface area contributed by atoms with Crippen molar-refractivity contribution in [3.63, 3.8) is 0 Å². The molecule has 4 rings (SSSR count). The minimum Gasteiger partial charge on any atom is -0.443 e. The van der Waals surface area contributed by atoms with E-state index in [1.807, 2.05) is 30.3 Å². The first-order chi connectivity index (χ1) is 14.4. The zero-order valence-electron chi connectivity index (χ0n) is 16.7. The summed E-state index contributed by atoms with van der Waals surface area (Å²) < 4.78 is 20.2. The van der Waals surface area contributed by atoms with Crippen LogP contribution in [0.25, 0.3) is 15.0 Å². The quantitative estimate of drug-likeness (QED) is 0.211. The summed E-state index contributed by atoms with van der Waals surface area (Å²) >= 11 is 0. The average molecular weight is 416 g/mol.